The molecule has 2 aromatic rings. The second-order valence-electron chi connectivity index (χ2n) is 7.90. The maximum atomic E-state index is 14.3. The van der Waals surface area contributed by atoms with Crippen molar-refractivity contribution in [1.82, 2.24) is 10.2 Å². The third kappa shape index (κ3) is 6.97. The number of hydrogen-bond donors (Lipinski definition) is 1. The largest absolute Gasteiger partial charge is 0.352 e. The quantitative estimate of drug-likeness (QED) is 0.558. The lowest BCUT2D eigenvalue weighted by atomic mass is 10.1. The molecule has 0 aromatic heterocycles. The van der Waals surface area contributed by atoms with Crippen molar-refractivity contribution in [2.45, 2.75) is 57.0 Å². The molecule has 1 aliphatic rings. The van der Waals surface area contributed by atoms with Crippen LogP contribution in [0.1, 0.15) is 43.7 Å². The highest BCUT2D eigenvalue weighted by Crippen LogP contribution is 2.20. The van der Waals surface area contributed by atoms with Gasteiger partial charge in [0.15, 0.2) is 0 Å². The molecule has 1 saturated carbocycles. The zero-order valence-electron chi connectivity index (χ0n) is 17.7. The van der Waals surface area contributed by atoms with Crippen LogP contribution < -0.4 is 5.32 Å². The molecule has 0 saturated heterocycles. The van der Waals surface area contributed by atoms with Crippen molar-refractivity contribution in [2.75, 3.05) is 5.75 Å². The zero-order chi connectivity index (χ0) is 22.2. The predicted octanol–water partition coefficient (Wildman–Crippen LogP) is 5.19. The van der Waals surface area contributed by atoms with Gasteiger partial charge in [0.1, 0.15) is 11.9 Å². The van der Waals surface area contributed by atoms with E-state index in [1.54, 1.807) is 25.1 Å². The summed E-state index contributed by atoms with van der Waals surface area (Å²) in [6.45, 7) is 1.78. The topological polar surface area (TPSA) is 49.4 Å². The van der Waals surface area contributed by atoms with E-state index in [4.69, 9.17) is 11.6 Å². The molecule has 2 aromatic carbocycles. The van der Waals surface area contributed by atoms with E-state index in [2.05, 4.69) is 5.32 Å². The molecule has 2 amide bonds. The highest BCUT2D eigenvalue weighted by Gasteiger charge is 2.28. The maximum Gasteiger partial charge on any atom is 0.242 e. The van der Waals surface area contributed by atoms with Crippen molar-refractivity contribution in [3.8, 4) is 0 Å². The lowest BCUT2D eigenvalue weighted by Gasteiger charge is -2.29. The van der Waals surface area contributed by atoms with Crippen LogP contribution in [-0.4, -0.2) is 34.6 Å². The second-order valence-corrected chi connectivity index (χ2v) is 9.32. The standard InChI is InChI=1S/C24H28ClFN2O2S/c1-17(24(30)27-21-7-3-4-8-21)28(14-19-6-2-5-9-22(19)26)23(29)16-31-15-18-10-12-20(25)13-11-18/h2,5-6,9-13,17,21H,3-4,7-8,14-16H2,1H3,(H,27,30). The summed E-state index contributed by atoms with van der Waals surface area (Å²) < 4.78 is 14.3. The average molecular weight is 463 g/mol. The predicted molar refractivity (Wildman–Crippen MR) is 124 cm³/mol. The van der Waals surface area contributed by atoms with Crippen LogP contribution in [0.2, 0.25) is 5.02 Å². The Balaban J connectivity index is 1.66. The molecule has 0 bridgehead atoms. The van der Waals surface area contributed by atoms with E-state index in [-0.39, 0.29) is 36.0 Å². The summed E-state index contributed by atoms with van der Waals surface area (Å²) in [6.07, 6.45) is 4.16. The van der Waals surface area contributed by atoms with Gasteiger partial charge >= 0.3 is 0 Å². The van der Waals surface area contributed by atoms with Gasteiger partial charge in [0.05, 0.1) is 5.75 Å². The Morgan fingerprint density at radius 2 is 1.84 bits per heavy atom. The van der Waals surface area contributed by atoms with Gasteiger partial charge in [-0.05, 0) is 43.5 Å². The van der Waals surface area contributed by atoms with E-state index in [0.717, 1.165) is 31.2 Å². The van der Waals surface area contributed by atoms with Crippen LogP contribution in [0.3, 0.4) is 0 Å². The van der Waals surface area contributed by atoms with E-state index < -0.39 is 6.04 Å². The number of hydrogen-bond acceptors (Lipinski definition) is 3. The molecule has 1 N–H and O–H groups in total. The molecule has 0 aliphatic heterocycles. The number of nitrogens with one attached hydrogen (secondary N) is 1. The van der Waals surface area contributed by atoms with Gasteiger partial charge in [0.2, 0.25) is 11.8 Å². The van der Waals surface area contributed by atoms with Crippen molar-refractivity contribution in [3.63, 3.8) is 0 Å². The van der Waals surface area contributed by atoms with E-state index in [1.807, 2.05) is 24.3 Å². The molecular formula is C24H28ClFN2O2S. The van der Waals surface area contributed by atoms with Crippen LogP contribution >= 0.6 is 23.4 Å². The van der Waals surface area contributed by atoms with E-state index in [9.17, 15) is 14.0 Å². The normalized spacial score (nSPS) is 14.9. The number of nitrogens with zero attached hydrogens (tertiary/aromatic N) is 1. The first-order chi connectivity index (χ1) is 14.9. The van der Waals surface area contributed by atoms with Gasteiger partial charge in [0.25, 0.3) is 0 Å². The number of carbonyl (C=O) groups is 2. The molecule has 3 rings (SSSR count). The fourth-order valence-corrected chi connectivity index (χ4v) is 4.70. The summed E-state index contributed by atoms with van der Waals surface area (Å²) in [5.74, 6) is 0.116. The molecule has 0 spiro atoms. The number of amides is 2. The van der Waals surface area contributed by atoms with Crippen LogP contribution in [0, 0.1) is 5.82 Å². The Morgan fingerprint density at radius 3 is 2.52 bits per heavy atom. The van der Waals surface area contributed by atoms with Crippen molar-refractivity contribution in [3.05, 3.63) is 70.5 Å². The summed E-state index contributed by atoms with van der Waals surface area (Å²) in [4.78, 5) is 27.4. The monoisotopic (exact) mass is 462 g/mol. The van der Waals surface area contributed by atoms with Gasteiger partial charge in [-0.15, -0.1) is 11.8 Å². The minimum Gasteiger partial charge on any atom is -0.352 e. The minimum atomic E-state index is -0.677. The van der Waals surface area contributed by atoms with Crippen LogP contribution in [0.25, 0.3) is 0 Å². The van der Waals surface area contributed by atoms with Gasteiger partial charge in [-0.25, -0.2) is 4.39 Å². The molecule has 7 heteroatoms. The highest BCUT2D eigenvalue weighted by atomic mass is 35.5. The first kappa shape index (κ1) is 23.6. The highest BCUT2D eigenvalue weighted by molar-refractivity contribution is 7.99. The Labute approximate surface area is 192 Å². The van der Waals surface area contributed by atoms with E-state index in [0.29, 0.717) is 16.3 Å². The van der Waals surface area contributed by atoms with E-state index in [1.165, 1.54) is 22.7 Å². The molecule has 1 unspecified atom stereocenters. The lowest BCUT2D eigenvalue weighted by molar-refractivity contribution is -0.139. The Hall–Kier alpha value is -2.05. The number of thioether (sulfide) groups is 1. The zero-order valence-corrected chi connectivity index (χ0v) is 19.2. The smallest absolute Gasteiger partial charge is 0.242 e. The molecule has 1 atom stereocenters. The summed E-state index contributed by atoms with van der Waals surface area (Å²) in [5, 5.41) is 3.73. The summed E-state index contributed by atoms with van der Waals surface area (Å²) >= 11 is 7.38. The third-order valence-electron chi connectivity index (χ3n) is 5.57. The molecular weight excluding hydrogens is 435 g/mol. The maximum absolute atomic E-state index is 14.3. The number of halogens is 2. The van der Waals surface area contributed by atoms with Gasteiger partial charge in [0, 0.05) is 28.9 Å². The van der Waals surface area contributed by atoms with Gasteiger partial charge < -0.3 is 10.2 Å². The number of carbonyl (C=O) groups excluding carboxylic acids is 2. The van der Waals surface area contributed by atoms with Gasteiger partial charge in [-0.1, -0.05) is 54.8 Å². The van der Waals surface area contributed by atoms with Crippen LogP contribution in [0.5, 0.6) is 0 Å². The van der Waals surface area contributed by atoms with Gasteiger partial charge in [-0.3, -0.25) is 9.59 Å². The van der Waals surface area contributed by atoms with Crippen molar-refractivity contribution in [2.24, 2.45) is 0 Å². The summed E-state index contributed by atoms with van der Waals surface area (Å²) in [6, 6.07) is 13.3. The van der Waals surface area contributed by atoms with Crippen molar-refractivity contribution >= 4 is 35.2 Å². The fourth-order valence-electron chi connectivity index (χ4n) is 3.70. The van der Waals surface area contributed by atoms with Crippen LogP contribution in [0.4, 0.5) is 4.39 Å². The third-order valence-corrected chi connectivity index (χ3v) is 6.82. The minimum absolute atomic E-state index is 0.0618. The average Bonchev–Trinajstić information content (AvgIpc) is 3.27. The lowest BCUT2D eigenvalue weighted by Crippen LogP contribution is -2.50. The molecule has 166 valence electrons. The first-order valence-corrected chi connectivity index (χ1v) is 12.1. The summed E-state index contributed by atoms with van der Waals surface area (Å²) in [5.41, 5.74) is 1.47. The SMILES string of the molecule is CC(C(=O)NC1CCCC1)N(Cc1ccccc1F)C(=O)CSCc1ccc(Cl)cc1. The number of rotatable bonds is 9. The van der Waals surface area contributed by atoms with Gasteiger partial charge in [-0.2, -0.15) is 0 Å². The second kappa shape index (κ2) is 11.5. The molecule has 31 heavy (non-hydrogen) atoms. The molecule has 4 nitrogen and oxygen atoms in total. The van der Waals surface area contributed by atoms with Crippen molar-refractivity contribution < 1.29 is 14.0 Å². The summed E-state index contributed by atoms with van der Waals surface area (Å²) in [7, 11) is 0. The van der Waals surface area contributed by atoms with E-state index >= 15 is 0 Å². The molecule has 0 radical (unpaired) electrons. The Morgan fingerprint density at radius 1 is 1.16 bits per heavy atom. The fraction of sp³-hybridized carbons (Fsp3) is 0.417. The molecule has 0 heterocycles. The first-order valence-electron chi connectivity index (χ1n) is 10.6. The van der Waals surface area contributed by atoms with Crippen molar-refractivity contribution in [1.29, 1.82) is 0 Å². The molecule has 1 fully saturated rings. The van der Waals surface area contributed by atoms with Crippen LogP contribution in [0.15, 0.2) is 48.5 Å². The Kier molecular flexibility index (Phi) is 8.79. The molecule has 1 aliphatic carbocycles. The Bertz CT molecular complexity index is 887. The number of benzene rings is 2. The van der Waals surface area contributed by atoms with Crippen LogP contribution in [-0.2, 0) is 21.9 Å².